The predicted molar refractivity (Wildman–Crippen MR) is 77.8 cm³/mol. The summed E-state index contributed by atoms with van der Waals surface area (Å²) in [6, 6.07) is 7.50. The summed E-state index contributed by atoms with van der Waals surface area (Å²) in [5.74, 6) is 4.96. The SMILES string of the molecule is CC1(O)CCCN(Cc2ccccc2C(=O)NN)CC1. The number of aliphatic hydroxyl groups is 1. The van der Waals surface area contributed by atoms with Gasteiger partial charge in [-0.1, -0.05) is 18.2 Å². The molecule has 5 nitrogen and oxygen atoms in total. The molecular formula is C15H23N3O2. The van der Waals surface area contributed by atoms with Crippen molar-refractivity contribution in [1.82, 2.24) is 10.3 Å². The first-order valence-electron chi connectivity index (χ1n) is 7.05. The number of hydrogen-bond donors (Lipinski definition) is 3. The molecular weight excluding hydrogens is 254 g/mol. The first kappa shape index (κ1) is 15.0. The zero-order valence-corrected chi connectivity index (χ0v) is 11.9. The number of carbonyl (C=O) groups is 1. The zero-order chi connectivity index (χ0) is 14.6. The van der Waals surface area contributed by atoms with Gasteiger partial charge < -0.3 is 5.11 Å². The van der Waals surface area contributed by atoms with Crippen molar-refractivity contribution < 1.29 is 9.90 Å². The van der Waals surface area contributed by atoms with Gasteiger partial charge in [0.2, 0.25) is 0 Å². The highest BCUT2D eigenvalue weighted by Crippen LogP contribution is 2.23. The number of amides is 1. The van der Waals surface area contributed by atoms with Crippen LogP contribution in [0.15, 0.2) is 24.3 Å². The van der Waals surface area contributed by atoms with E-state index in [1.54, 1.807) is 6.07 Å². The van der Waals surface area contributed by atoms with E-state index < -0.39 is 5.60 Å². The summed E-state index contributed by atoms with van der Waals surface area (Å²) in [4.78, 5) is 14.0. The Morgan fingerprint density at radius 2 is 2.15 bits per heavy atom. The van der Waals surface area contributed by atoms with Crippen LogP contribution in [0.5, 0.6) is 0 Å². The summed E-state index contributed by atoms with van der Waals surface area (Å²) in [5.41, 5.74) is 3.21. The molecule has 1 aromatic rings. The number of benzene rings is 1. The number of rotatable bonds is 3. The Morgan fingerprint density at radius 1 is 1.40 bits per heavy atom. The van der Waals surface area contributed by atoms with E-state index in [2.05, 4.69) is 10.3 Å². The molecule has 2 rings (SSSR count). The second-order valence-electron chi connectivity index (χ2n) is 5.76. The van der Waals surface area contributed by atoms with Crippen LogP contribution in [0, 0.1) is 0 Å². The van der Waals surface area contributed by atoms with E-state index in [0.29, 0.717) is 12.1 Å². The molecule has 1 aliphatic rings. The van der Waals surface area contributed by atoms with E-state index in [9.17, 15) is 9.90 Å². The maximum atomic E-state index is 11.8. The molecule has 0 bridgehead atoms. The third-order valence-corrected chi connectivity index (χ3v) is 3.94. The first-order chi connectivity index (χ1) is 9.52. The summed E-state index contributed by atoms with van der Waals surface area (Å²) in [7, 11) is 0. The van der Waals surface area contributed by atoms with E-state index in [1.165, 1.54) is 0 Å². The standard InChI is InChI=1S/C15H23N3O2/c1-15(20)7-4-9-18(10-8-15)11-12-5-2-3-6-13(12)14(19)17-16/h2-3,5-6,20H,4,7-11,16H2,1H3,(H,17,19). The molecule has 1 aliphatic heterocycles. The molecule has 0 radical (unpaired) electrons. The molecule has 110 valence electrons. The summed E-state index contributed by atoms with van der Waals surface area (Å²) < 4.78 is 0. The van der Waals surface area contributed by atoms with E-state index in [-0.39, 0.29) is 5.91 Å². The van der Waals surface area contributed by atoms with Gasteiger partial charge in [-0.05, 0) is 44.4 Å². The quantitative estimate of drug-likeness (QED) is 0.438. The molecule has 0 aromatic heterocycles. The van der Waals surface area contributed by atoms with Crippen molar-refractivity contribution in [2.75, 3.05) is 13.1 Å². The van der Waals surface area contributed by atoms with Gasteiger partial charge in [-0.25, -0.2) is 5.84 Å². The van der Waals surface area contributed by atoms with Gasteiger partial charge in [0, 0.05) is 18.7 Å². The molecule has 1 fully saturated rings. The molecule has 0 spiro atoms. The van der Waals surface area contributed by atoms with E-state index in [0.717, 1.165) is 37.9 Å². The molecule has 1 aromatic carbocycles. The number of hydrogen-bond acceptors (Lipinski definition) is 4. The van der Waals surface area contributed by atoms with Gasteiger partial charge in [0.1, 0.15) is 0 Å². The summed E-state index contributed by atoms with van der Waals surface area (Å²) in [6.45, 7) is 4.38. The van der Waals surface area contributed by atoms with Gasteiger partial charge in [0.05, 0.1) is 5.60 Å². The molecule has 1 saturated heterocycles. The van der Waals surface area contributed by atoms with Crippen molar-refractivity contribution in [3.63, 3.8) is 0 Å². The lowest BCUT2D eigenvalue weighted by Crippen LogP contribution is -2.32. The fourth-order valence-electron chi connectivity index (χ4n) is 2.68. The minimum atomic E-state index is -0.567. The van der Waals surface area contributed by atoms with Crippen LogP contribution in [-0.2, 0) is 6.54 Å². The fourth-order valence-corrected chi connectivity index (χ4v) is 2.68. The molecule has 1 amide bonds. The summed E-state index contributed by atoms with van der Waals surface area (Å²) in [5, 5.41) is 10.1. The molecule has 1 unspecified atom stereocenters. The van der Waals surface area contributed by atoms with Gasteiger partial charge in [0.15, 0.2) is 0 Å². The average molecular weight is 277 g/mol. The first-order valence-corrected chi connectivity index (χ1v) is 7.05. The Balaban J connectivity index is 2.08. The molecule has 1 atom stereocenters. The molecule has 1 heterocycles. The lowest BCUT2D eigenvalue weighted by atomic mass is 9.98. The van der Waals surface area contributed by atoms with Gasteiger partial charge >= 0.3 is 0 Å². The Bertz CT molecular complexity index is 474. The van der Waals surface area contributed by atoms with Gasteiger partial charge in [0.25, 0.3) is 5.91 Å². The molecule has 5 heteroatoms. The molecule has 4 N–H and O–H groups in total. The minimum Gasteiger partial charge on any atom is -0.390 e. The number of hydrazine groups is 1. The van der Waals surface area contributed by atoms with E-state index >= 15 is 0 Å². The second kappa shape index (κ2) is 6.35. The summed E-state index contributed by atoms with van der Waals surface area (Å²) in [6.07, 6.45) is 2.56. The van der Waals surface area contributed by atoms with Crippen LogP contribution in [0.25, 0.3) is 0 Å². The van der Waals surface area contributed by atoms with E-state index in [4.69, 9.17) is 5.84 Å². The highest BCUT2D eigenvalue weighted by atomic mass is 16.3. The largest absolute Gasteiger partial charge is 0.390 e. The van der Waals surface area contributed by atoms with Gasteiger partial charge in [-0.2, -0.15) is 0 Å². The lowest BCUT2D eigenvalue weighted by Gasteiger charge is -2.23. The predicted octanol–water partition coefficient (Wildman–Crippen LogP) is 1.03. The van der Waals surface area contributed by atoms with Crippen LogP contribution < -0.4 is 11.3 Å². The maximum absolute atomic E-state index is 11.8. The topological polar surface area (TPSA) is 78.6 Å². The second-order valence-corrected chi connectivity index (χ2v) is 5.76. The van der Waals surface area contributed by atoms with Crippen molar-refractivity contribution in [3.8, 4) is 0 Å². The highest BCUT2D eigenvalue weighted by Gasteiger charge is 2.25. The van der Waals surface area contributed by atoms with Crippen LogP contribution in [-0.4, -0.2) is 34.6 Å². The van der Waals surface area contributed by atoms with Crippen LogP contribution >= 0.6 is 0 Å². The number of carbonyl (C=O) groups excluding carboxylic acids is 1. The molecule has 0 saturated carbocycles. The third kappa shape index (κ3) is 3.79. The van der Waals surface area contributed by atoms with Crippen LogP contribution in [0.1, 0.15) is 42.1 Å². The van der Waals surface area contributed by atoms with Crippen molar-refractivity contribution in [2.24, 2.45) is 5.84 Å². The van der Waals surface area contributed by atoms with Crippen molar-refractivity contribution >= 4 is 5.91 Å². The lowest BCUT2D eigenvalue weighted by molar-refractivity contribution is 0.0444. The fraction of sp³-hybridized carbons (Fsp3) is 0.533. The van der Waals surface area contributed by atoms with Gasteiger partial charge in [-0.15, -0.1) is 0 Å². The smallest absolute Gasteiger partial charge is 0.265 e. The third-order valence-electron chi connectivity index (χ3n) is 3.94. The normalized spacial score (nSPS) is 24.1. The van der Waals surface area contributed by atoms with Crippen LogP contribution in [0.3, 0.4) is 0 Å². The van der Waals surface area contributed by atoms with Crippen molar-refractivity contribution in [3.05, 3.63) is 35.4 Å². The average Bonchev–Trinajstić information content (AvgIpc) is 2.60. The van der Waals surface area contributed by atoms with Crippen LogP contribution in [0.4, 0.5) is 0 Å². The number of likely N-dealkylation sites (tertiary alicyclic amines) is 1. The van der Waals surface area contributed by atoms with Gasteiger partial charge in [-0.3, -0.25) is 15.1 Å². The Morgan fingerprint density at radius 3 is 2.90 bits per heavy atom. The minimum absolute atomic E-state index is 0.262. The Kier molecular flexibility index (Phi) is 4.75. The number of nitrogens with two attached hydrogens (primary N) is 1. The van der Waals surface area contributed by atoms with E-state index in [1.807, 2.05) is 25.1 Å². The number of nitrogens with one attached hydrogen (secondary N) is 1. The number of nitrogen functional groups attached to an aromatic ring is 1. The summed E-state index contributed by atoms with van der Waals surface area (Å²) >= 11 is 0. The molecule has 0 aliphatic carbocycles. The van der Waals surface area contributed by atoms with Crippen molar-refractivity contribution in [2.45, 2.75) is 38.3 Å². The van der Waals surface area contributed by atoms with Crippen molar-refractivity contribution in [1.29, 1.82) is 0 Å². The monoisotopic (exact) mass is 277 g/mol. The zero-order valence-electron chi connectivity index (χ0n) is 11.9. The maximum Gasteiger partial charge on any atom is 0.265 e. The Hall–Kier alpha value is -1.43. The van der Waals surface area contributed by atoms with Crippen LogP contribution in [0.2, 0.25) is 0 Å². The Labute approximate surface area is 119 Å². The highest BCUT2D eigenvalue weighted by molar-refractivity contribution is 5.95. The number of nitrogens with zero attached hydrogens (tertiary/aromatic N) is 1. The molecule has 20 heavy (non-hydrogen) atoms.